The number of aryl methyl sites for hydroxylation is 1. The van der Waals surface area contributed by atoms with E-state index in [0.29, 0.717) is 12.8 Å². The number of ether oxygens (including phenoxy) is 2. The number of piperazine rings is 1. The highest BCUT2D eigenvalue weighted by atomic mass is 16.7. The Balaban J connectivity index is 1.25. The standard InChI is InChI=1S/C20H23N3O2/c1-2-6-21-20(3-1)23-9-7-22(8-10-23)17-5-4-15-12-18-19(25-14-24-18)13-16(15)11-17/h1-3,6,12-13,17H,4-5,7-11,14H2. The Kier molecular flexibility index (Phi) is 3.74. The lowest BCUT2D eigenvalue weighted by Crippen LogP contribution is -2.52. The zero-order valence-corrected chi connectivity index (χ0v) is 14.4. The smallest absolute Gasteiger partial charge is 0.231 e. The van der Waals surface area contributed by atoms with Crippen LogP contribution in [0.15, 0.2) is 36.5 Å². The van der Waals surface area contributed by atoms with Gasteiger partial charge in [0.1, 0.15) is 5.82 Å². The molecule has 1 aromatic heterocycles. The van der Waals surface area contributed by atoms with Crippen molar-refractivity contribution in [3.63, 3.8) is 0 Å². The molecule has 0 saturated carbocycles. The van der Waals surface area contributed by atoms with Crippen molar-refractivity contribution >= 4 is 5.82 Å². The van der Waals surface area contributed by atoms with Crippen molar-refractivity contribution in [3.8, 4) is 11.5 Å². The molecule has 25 heavy (non-hydrogen) atoms. The number of pyridine rings is 1. The van der Waals surface area contributed by atoms with E-state index < -0.39 is 0 Å². The first-order chi connectivity index (χ1) is 12.4. The molecule has 1 atom stereocenters. The fourth-order valence-electron chi connectivity index (χ4n) is 4.30. The molecule has 1 aromatic carbocycles. The Labute approximate surface area is 148 Å². The summed E-state index contributed by atoms with van der Waals surface area (Å²) in [6, 6.07) is 11.2. The molecule has 1 aliphatic carbocycles. The molecular weight excluding hydrogens is 314 g/mol. The van der Waals surface area contributed by atoms with Crippen LogP contribution in [0.3, 0.4) is 0 Å². The Morgan fingerprint density at radius 2 is 1.76 bits per heavy atom. The second kappa shape index (κ2) is 6.23. The summed E-state index contributed by atoms with van der Waals surface area (Å²) in [6.45, 7) is 4.70. The summed E-state index contributed by atoms with van der Waals surface area (Å²) in [7, 11) is 0. The quantitative estimate of drug-likeness (QED) is 0.842. The molecule has 2 aliphatic heterocycles. The second-order valence-corrected chi connectivity index (χ2v) is 7.08. The van der Waals surface area contributed by atoms with Crippen molar-refractivity contribution in [3.05, 3.63) is 47.7 Å². The summed E-state index contributed by atoms with van der Waals surface area (Å²) in [4.78, 5) is 9.54. The number of aromatic nitrogens is 1. The largest absolute Gasteiger partial charge is 0.454 e. The Morgan fingerprint density at radius 3 is 2.52 bits per heavy atom. The molecular formula is C20H23N3O2. The number of hydrogen-bond acceptors (Lipinski definition) is 5. The van der Waals surface area contributed by atoms with Gasteiger partial charge in [0.25, 0.3) is 0 Å². The zero-order chi connectivity index (χ0) is 16.6. The van der Waals surface area contributed by atoms with Gasteiger partial charge in [-0.3, -0.25) is 4.90 Å². The van der Waals surface area contributed by atoms with Crippen molar-refractivity contribution in [2.24, 2.45) is 0 Å². The van der Waals surface area contributed by atoms with Crippen molar-refractivity contribution < 1.29 is 9.47 Å². The van der Waals surface area contributed by atoms with Crippen LogP contribution in [0, 0.1) is 0 Å². The van der Waals surface area contributed by atoms with E-state index in [1.54, 1.807) is 0 Å². The van der Waals surface area contributed by atoms with Gasteiger partial charge in [-0.25, -0.2) is 4.98 Å². The molecule has 5 nitrogen and oxygen atoms in total. The fourth-order valence-corrected chi connectivity index (χ4v) is 4.30. The minimum atomic E-state index is 0.358. The van der Waals surface area contributed by atoms with Gasteiger partial charge in [0.05, 0.1) is 0 Å². The molecule has 0 spiro atoms. The predicted molar refractivity (Wildman–Crippen MR) is 96.4 cm³/mol. The van der Waals surface area contributed by atoms with Gasteiger partial charge in [-0.1, -0.05) is 6.07 Å². The van der Waals surface area contributed by atoms with Gasteiger partial charge in [0.15, 0.2) is 11.5 Å². The third-order valence-electron chi connectivity index (χ3n) is 5.70. The van der Waals surface area contributed by atoms with Crippen LogP contribution in [0.25, 0.3) is 0 Å². The highest BCUT2D eigenvalue weighted by molar-refractivity contribution is 5.50. The van der Waals surface area contributed by atoms with Crippen LogP contribution < -0.4 is 14.4 Å². The molecule has 1 unspecified atom stereocenters. The lowest BCUT2D eigenvalue weighted by molar-refractivity contribution is 0.169. The maximum atomic E-state index is 5.56. The van der Waals surface area contributed by atoms with Gasteiger partial charge in [0.2, 0.25) is 6.79 Å². The molecule has 0 amide bonds. The van der Waals surface area contributed by atoms with Crippen LogP contribution in [0.1, 0.15) is 17.5 Å². The molecule has 0 radical (unpaired) electrons. The highest BCUT2D eigenvalue weighted by Crippen LogP contribution is 2.38. The molecule has 5 rings (SSSR count). The van der Waals surface area contributed by atoms with E-state index in [4.69, 9.17) is 9.47 Å². The highest BCUT2D eigenvalue weighted by Gasteiger charge is 2.29. The summed E-state index contributed by atoms with van der Waals surface area (Å²) in [6.07, 6.45) is 5.37. The van der Waals surface area contributed by atoms with E-state index in [9.17, 15) is 0 Å². The number of anilines is 1. The van der Waals surface area contributed by atoms with Crippen molar-refractivity contribution in [1.82, 2.24) is 9.88 Å². The topological polar surface area (TPSA) is 37.8 Å². The minimum absolute atomic E-state index is 0.358. The first kappa shape index (κ1) is 15.0. The summed E-state index contributed by atoms with van der Waals surface area (Å²) >= 11 is 0. The monoisotopic (exact) mass is 337 g/mol. The first-order valence-electron chi connectivity index (χ1n) is 9.18. The van der Waals surface area contributed by atoms with Gasteiger partial charge in [-0.15, -0.1) is 0 Å². The molecule has 0 bridgehead atoms. The van der Waals surface area contributed by atoms with Crippen LogP contribution >= 0.6 is 0 Å². The summed E-state index contributed by atoms with van der Waals surface area (Å²) in [5.41, 5.74) is 2.88. The third-order valence-corrected chi connectivity index (χ3v) is 5.70. The van der Waals surface area contributed by atoms with E-state index in [0.717, 1.165) is 56.3 Å². The summed E-state index contributed by atoms with van der Waals surface area (Å²) in [5, 5.41) is 0. The van der Waals surface area contributed by atoms with Crippen LogP contribution in [0.2, 0.25) is 0 Å². The van der Waals surface area contributed by atoms with Gasteiger partial charge < -0.3 is 14.4 Å². The molecule has 2 aromatic rings. The third kappa shape index (κ3) is 2.82. The Hall–Kier alpha value is -2.27. The number of fused-ring (bicyclic) bond motifs is 2. The van der Waals surface area contributed by atoms with Crippen LogP contribution in [-0.2, 0) is 12.8 Å². The fraction of sp³-hybridized carbons (Fsp3) is 0.450. The Morgan fingerprint density at radius 1 is 0.960 bits per heavy atom. The number of rotatable bonds is 2. The number of benzene rings is 1. The molecule has 1 saturated heterocycles. The van der Waals surface area contributed by atoms with Gasteiger partial charge in [-0.05, 0) is 54.7 Å². The van der Waals surface area contributed by atoms with Crippen molar-refractivity contribution in [1.29, 1.82) is 0 Å². The minimum Gasteiger partial charge on any atom is -0.454 e. The molecule has 1 fully saturated rings. The van der Waals surface area contributed by atoms with E-state index in [1.165, 1.54) is 17.5 Å². The van der Waals surface area contributed by atoms with Crippen molar-refractivity contribution in [2.45, 2.75) is 25.3 Å². The van der Waals surface area contributed by atoms with E-state index in [-0.39, 0.29) is 0 Å². The van der Waals surface area contributed by atoms with Gasteiger partial charge in [0, 0.05) is 38.4 Å². The summed E-state index contributed by atoms with van der Waals surface area (Å²) in [5.74, 6) is 2.93. The SMILES string of the molecule is c1ccc(N2CCN(C3CCc4cc5c(cc4C3)OCO5)CC2)nc1. The maximum absolute atomic E-state index is 5.56. The van der Waals surface area contributed by atoms with Gasteiger partial charge in [-0.2, -0.15) is 0 Å². The normalized spacial score (nSPS) is 22.7. The lowest BCUT2D eigenvalue weighted by Gasteiger charge is -2.41. The van der Waals surface area contributed by atoms with Gasteiger partial charge >= 0.3 is 0 Å². The molecule has 3 aliphatic rings. The van der Waals surface area contributed by atoms with Crippen molar-refractivity contribution in [2.75, 3.05) is 37.9 Å². The maximum Gasteiger partial charge on any atom is 0.231 e. The zero-order valence-electron chi connectivity index (χ0n) is 14.4. The van der Waals surface area contributed by atoms with Crippen LogP contribution in [0.4, 0.5) is 5.82 Å². The number of nitrogens with zero attached hydrogens (tertiary/aromatic N) is 3. The molecule has 5 heteroatoms. The lowest BCUT2D eigenvalue weighted by atomic mass is 9.87. The van der Waals surface area contributed by atoms with E-state index >= 15 is 0 Å². The first-order valence-corrected chi connectivity index (χ1v) is 9.18. The van der Waals surface area contributed by atoms with E-state index in [2.05, 4.69) is 39.0 Å². The molecule has 130 valence electrons. The second-order valence-electron chi connectivity index (χ2n) is 7.08. The van der Waals surface area contributed by atoms with E-state index in [1.807, 2.05) is 12.3 Å². The predicted octanol–water partition coefficient (Wildman–Crippen LogP) is 2.49. The van der Waals surface area contributed by atoms with Crippen LogP contribution in [-0.4, -0.2) is 48.9 Å². The molecule has 3 heterocycles. The average Bonchev–Trinajstić information content (AvgIpc) is 3.14. The average molecular weight is 337 g/mol. The molecule has 0 N–H and O–H groups in total. The summed E-state index contributed by atoms with van der Waals surface area (Å²) < 4.78 is 11.1. The Bertz CT molecular complexity index is 757. The van der Waals surface area contributed by atoms with Crippen LogP contribution in [0.5, 0.6) is 11.5 Å². The number of hydrogen-bond donors (Lipinski definition) is 0.